The fourth-order valence-electron chi connectivity index (χ4n) is 2.09. The number of nitrogens with one attached hydrogen (secondary N) is 1. The Morgan fingerprint density at radius 1 is 1.19 bits per heavy atom. The molecule has 0 aromatic heterocycles. The Kier molecular flexibility index (Phi) is 6.51. The molecule has 0 bridgehead atoms. The minimum atomic E-state index is -0.904. The van der Waals surface area contributed by atoms with Crippen molar-refractivity contribution in [2.45, 2.75) is 6.42 Å². The van der Waals surface area contributed by atoms with Crippen LogP contribution in [0.5, 0.6) is 0 Å². The number of hydrogen-bond donors (Lipinski definition) is 2. The third kappa shape index (κ3) is 5.45. The van der Waals surface area contributed by atoms with Crippen molar-refractivity contribution in [3.63, 3.8) is 0 Å². The number of carbonyl (C=O) groups excluding carboxylic acids is 2. The van der Waals surface area contributed by atoms with E-state index in [9.17, 15) is 19.7 Å². The Bertz CT molecular complexity index is 824. The number of hydrogen-bond acceptors (Lipinski definition) is 6. The number of nitro groups is 1. The van der Waals surface area contributed by atoms with Crippen LogP contribution < -0.4 is 11.1 Å². The Morgan fingerprint density at radius 3 is 2.54 bits per heavy atom. The molecule has 0 atom stereocenters. The second-order valence-electron chi connectivity index (χ2n) is 5.33. The van der Waals surface area contributed by atoms with E-state index in [1.165, 1.54) is 12.1 Å². The minimum absolute atomic E-state index is 0.0312. The third-order valence-electron chi connectivity index (χ3n) is 3.45. The first kappa shape index (κ1) is 19.2. The van der Waals surface area contributed by atoms with Gasteiger partial charge in [0, 0.05) is 29.4 Å². The smallest absolute Gasteiger partial charge is 0.341 e. The largest absolute Gasteiger partial charge is 0.452 e. The van der Waals surface area contributed by atoms with Crippen LogP contribution in [0.4, 0.5) is 11.4 Å². The Labute approximate surface area is 154 Å². The van der Waals surface area contributed by atoms with Crippen molar-refractivity contribution < 1.29 is 19.2 Å². The number of nitrogens with two attached hydrogens (primary N) is 1. The summed E-state index contributed by atoms with van der Waals surface area (Å²) in [6.45, 7) is -0.154. The number of carbonyl (C=O) groups is 2. The quantitative estimate of drug-likeness (QED) is 0.330. The molecule has 8 nitrogen and oxygen atoms in total. The zero-order chi connectivity index (χ0) is 19.1. The second kappa shape index (κ2) is 8.82. The summed E-state index contributed by atoms with van der Waals surface area (Å²) in [4.78, 5) is 33.8. The zero-order valence-corrected chi connectivity index (χ0v) is 14.4. The summed E-state index contributed by atoms with van der Waals surface area (Å²) in [5.74, 6) is -1.39. The topological polar surface area (TPSA) is 125 Å². The molecule has 136 valence electrons. The average molecular weight is 378 g/mol. The van der Waals surface area contributed by atoms with Crippen LogP contribution in [0.25, 0.3) is 0 Å². The lowest BCUT2D eigenvalue weighted by atomic mass is 10.1. The van der Waals surface area contributed by atoms with Crippen molar-refractivity contribution in [1.29, 1.82) is 0 Å². The number of benzene rings is 2. The fraction of sp³-hybridized carbons (Fsp3) is 0.176. The van der Waals surface area contributed by atoms with E-state index in [1.54, 1.807) is 12.1 Å². The molecule has 3 N–H and O–H groups in total. The molecule has 0 saturated carbocycles. The Hall–Kier alpha value is -3.13. The molecule has 0 aliphatic rings. The van der Waals surface area contributed by atoms with E-state index in [0.717, 1.165) is 11.6 Å². The van der Waals surface area contributed by atoms with Gasteiger partial charge in [-0.15, -0.1) is 0 Å². The zero-order valence-electron chi connectivity index (χ0n) is 13.6. The van der Waals surface area contributed by atoms with Crippen LogP contribution in [0.2, 0.25) is 5.02 Å². The molecule has 0 saturated heterocycles. The van der Waals surface area contributed by atoms with Gasteiger partial charge in [-0.3, -0.25) is 14.9 Å². The number of anilines is 1. The molecule has 0 unspecified atom stereocenters. The number of non-ortho nitro benzene ring substituents is 1. The van der Waals surface area contributed by atoms with Gasteiger partial charge in [-0.05, 0) is 30.2 Å². The lowest BCUT2D eigenvalue weighted by Gasteiger charge is -2.08. The molecule has 1 amide bonds. The number of esters is 1. The Balaban J connectivity index is 1.81. The van der Waals surface area contributed by atoms with Crippen LogP contribution in [0.15, 0.2) is 42.5 Å². The molecule has 0 aliphatic carbocycles. The first-order valence-electron chi connectivity index (χ1n) is 7.59. The molecule has 0 radical (unpaired) electrons. The van der Waals surface area contributed by atoms with Gasteiger partial charge in [0.05, 0.1) is 10.5 Å². The highest BCUT2D eigenvalue weighted by atomic mass is 35.5. The summed E-state index contributed by atoms with van der Waals surface area (Å²) in [5, 5.41) is 14.0. The molecule has 0 aliphatic heterocycles. The maximum atomic E-state index is 12.0. The second-order valence-corrected chi connectivity index (χ2v) is 5.77. The van der Waals surface area contributed by atoms with Crippen LogP contribution in [-0.2, 0) is 16.0 Å². The number of halogens is 1. The van der Waals surface area contributed by atoms with E-state index in [2.05, 4.69) is 5.32 Å². The van der Waals surface area contributed by atoms with E-state index in [0.29, 0.717) is 18.0 Å². The van der Waals surface area contributed by atoms with E-state index in [-0.39, 0.29) is 16.9 Å². The van der Waals surface area contributed by atoms with Gasteiger partial charge in [0.25, 0.3) is 11.6 Å². The third-order valence-corrected chi connectivity index (χ3v) is 3.70. The first-order valence-corrected chi connectivity index (χ1v) is 7.97. The fourth-order valence-corrected chi connectivity index (χ4v) is 2.22. The van der Waals surface area contributed by atoms with E-state index in [1.807, 2.05) is 12.1 Å². The molecule has 2 aromatic carbocycles. The lowest BCUT2D eigenvalue weighted by molar-refractivity contribution is -0.384. The molecule has 0 spiro atoms. The van der Waals surface area contributed by atoms with Gasteiger partial charge in [-0.2, -0.15) is 0 Å². The summed E-state index contributed by atoms with van der Waals surface area (Å²) in [5.41, 5.74) is 6.19. The van der Waals surface area contributed by atoms with Gasteiger partial charge < -0.3 is 15.8 Å². The van der Waals surface area contributed by atoms with E-state index < -0.39 is 23.4 Å². The van der Waals surface area contributed by atoms with Crippen molar-refractivity contribution in [1.82, 2.24) is 5.32 Å². The van der Waals surface area contributed by atoms with Gasteiger partial charge in [0.1, 0.15) is 0 Å². The molecular weight excluding hydrogens is 362 g/mol. The predicted molar refractivity (Wildman–Crippen MR) is 96.0 cm³/mol. The summed E-state index contributed by atoms with van der Waals surface area (Å²) in [7, 11) is 0. The summed E-state index contributed by atoms with van der Waals surface area (Å²) in [6.07, 6.45) is 0.592. The SMILES string of the molecule is Nc1ccc([N+](=O)[O-])cc1C(=O)OCC(=O)NCCc1ccc(Cl)cc1. The normalized spacial score (nSPS) is 10.2. The summed E-state index contributed by atoms with van der Waals surface area (Å²) < 4.78 is 4.85. The first-order chi connectivity index (χ1) is 12.4. The van der Waals surface area contributed by atoms with Crippen LogP contribution in [0, 0.1) is 10.1 Å². The van der Waals surface area contributed by atoms with E-state index in [4.69, 9.17) is 22.1 Å². The molecule has 26 heavy (non-hydrogen) atoms. The van der Waals surface area contributed by atoms with Crippen molar-refractivity contribution >= 4 is 34.9 Å². The molecule has 9 heteroatoms. The predicted octanol–water partition coefficient (Wildman–Crippen LogP) is 2.35. The maximum absolute atomic E-state index is 12.0. The molecule has 0 heterocycles. The minimum Gasteiger partial charge on any atom is -0.452 e. The van der Waals surface area contributed by atoms with Gasteiger partial charge in [-0.25, -0.2) is 4.79 Å². The highest BCUT2D eigenvalue weighted by molar-refractivity contribution is 6.30. The van der Waals surface area contributed by atoms with Gasteiger partial charge in [0.15, 0.2) is 6.61 Å². The Morgan fingerprint density at radius 2 is 1.88 bits per heavy atom. The number of nitrogens with zero attached hydrogens (tertiary/aromatic N) is 1. The van der Waals surface area contributed by atoms with Gasteiger partial charge in [0.2, 0.25) is 0 Å². The van der Waals surface area contributed by atoms with Gasteiger partial charge in [-0.1, -0.05) is 23.7 Å². The highest BCUT2D eigenvalue weighted by Gasteiger charge is 2.17. The number of nitro benzene ring substituents is 1. The molecule has 0 fully saturated rings. The number of nitrogen functional groups attached to an aromatic ring is 1. The lowest BCUT2D eigenvalue weighted by Crippen LogP contribution is -2.30. The number of rotatable bonds is 7. The molecule has 2 rings (SSSR count). The summed E-state index contributed by atoms with van der Waals surface area (Å²) >= 11 is 5.79. The van der Waals surface area contributed by atoms with Crippen LogP contribution in [0.3, 0.4) is 0 Å². The summed E-state index contributed by atoms with van der Waals surface area (Å²) in [6, 6.07) is 10.6. The van der Waals surface area contributed by atoms with Crippen LogP contribution >= 0.6 is 11.6 Å². The highest BCUT2D eigenvalue weighted by Crippen LogP contribution is 2.20. The van der Waals surface area contributed by atoms with Crippen LogP contribution in [0.1, 0.15) is 15.9 Å². The molecular formula is C17H16ClN3O5. The monoisotopic (exact) mass is 377 g/mol. The molecule has 2 aromatic rings. The van der Waals surface area contributed by atoms with Crippen molar-refractivity contribution in [2.24, 2.45) is 0 Å². The number of amides is 1. The van der Waals surface area contributed by atoms with Crippen LogP contribution in [-0.4, -0.2) is 30.0 Å². The number of ether oxygens (including phenoxy) is 1. The van der Waals surface area contributed by atoms with E-state index >= 15 is 0 Å². The van der Waals surface area contributed by atoms with Crippen molar-refractivity contribution in [3.05, 3.63) is 68.7 Å². The average Bonchev–Trinajstić information content (AvgIpc) is 2.61. The standard InChI is InChI=1S/C17H16ClN3O5/c18-12-3-1-11(2-4-12)7-8-20-16(22)10-26-17(23)14-9-13(21(24)25)5-6-15(14)19/h1-6,9H,7-8,10,19H2,(H,20,22). The van der Waals surface area contributed by atoms with Crippen molar-refractivity contribution in [2.75, 3.05) is 18.9 Å². The van der Waals surface area contributed by atoms with Crippen molar-refractivity contribution in [3.8, 4) is 0 Å². The maximum Gasteiger partial charge on any atom is 0.341 e. The van der Waals surface area contributed by atoms with Gasteiger partial charge >= 0.3 is 5.97 Å².